The summed E-state index contributed by atoms with van der Waals surface area (Å²) in [5.41, 5.74) is 0. The number of aromatic nitrogens is 2. The van der Waals surface area contributed by atoms with Crippen molar-refractivity contribution in [1.82, 2.24) is 14.3 Å². The molecule has 1 atom stereocenters. The molecule has 1 fully saturated rings. The number of sulfonamides is 1. The summed E-state index contributed by atoms with van der Waals surface area (Å²) in [5, 5.41) is -0.393. The predicted octanol–water partition coefficient (Wildman–Crippen LogP) is 0.668. The first kappa shape index (κ1) is 13.2. The minimum absolute atomic E-state index is 0.131. The Kier molecular flexibility index (Phi) is 3.82. The van der Waals surface area contributed by atoms with Crippen molar-refractivity contribution in [1.29, 1.82) is 0 Å². The standard InChI is InChI=1S/C11H17N3O3S/c1-9(2)18(15,16)14-6-4-10(7-14)17-11-3-5-12-8-13-11/h3,5,8-10H,4,6-7H2,1-2H3. The Balaban J connectivity index is 1.97. The second-order valence-electron chi connectivity index (χ2n) is 4.53. The molecule has 0 amide bonds. The smallest absolute Gasteiger partial charge is 0.216 e. The van der Waals surface area contributed by atoms with Gasteiger partial charge in [0.15, 0.2) is 0 Å². The van der Waals surface area contributed by atoms with E-state index in [0.717, 1.165) is 0 Å². The fourth-order valence-electron chi connectivity index (χ4n) is 1.84. The van der Waals surface area contributed by atoms with Crippen molar-refractivity contribution in [3.05, 3.63) is 18.6 Å². The lowest BCUT2D eigenvalue weighted by Gasteiger charge is -2.19. The van der Waals surface area contributed by atoms with Gasteiger partial charge in [0, 0.05) is 18.8 Å². The van der Waals surface area contributed by atoms with Crippen LogP contribution in [0.3, 0.4) is 0 Å². The molecule has 0 bridgehead atoms. The Morgan fingerprint density at radius 1 is 1.50 bits per heavy atom. The highest BCUT2D eigenvalue weighted by Gasteiger charge is 2.34. The summed E-state index contributed by atoms with van der Waals surface area (Å²) in [6.45, 7) is 4.28. The van der Waals surface area contributed by atoms with Crippen LogP contribution in [0, 0.1) is 0 Å². The fraction of sp³-hybridized carbons (Fsp3) is 0.636. The summed E-state index contributed by atoms with van der Waals surface area (Å²) in [7, 11) is -3.18. The lowest BCUT2D eigenvalue weighted by atomic mass is 10.3. The third kappa shape index (κ3) is 2.78. The van der Waals surface area contributed by atoms with Gasteiger partial charge < -0.3 is 4.74 Å². The molecule has 0 radical (unpaired) electrons. The van der Waals surface area contributed by atoms with Crippen molar-refractivity contribution in [3.63, 3.8) is 0 Å². The molecule has 2 rings (SSSR count). The molecule has 6 nitrogen and oxygen atoms in total. The van der Waals surface area contributed by atoms with Gasteiger partial charge in [-0.2, -0.15) is 4.31 Å². The molecule has 100 valence electrons. The molecule has 18 heavy (non-hydrogen) atoms. The molecular weight excluding hydrogens is 254 g/mol. The van der Waals surface area contributed by atoms with Crippen LogP contribution in [0.25, 0.3) is 0 Å². The maximum Gasteiger partial charge on any atom is 0.216 e. The molecule has 2 heterocycles. The predicted molar refractivity (Wildman–Crippen MR) is 66.7 cm³/mol. The zero-order valence-corrected chi connectivity index (χ0v) is 11.3. The third-order valence-electron chi connectivity index (χ3n) is 2.91. The van der Waals surface area contributed by atoms with Gasteiger partial charge in [0.25, 0.3) is 0 Å². The van der Waals surface area contributed by atoms with Gasteiger partial charge in [-0.25, -0.2) is 18.4 Å². The van der Waals surface area contributed by atoms with Crippen LogP contribution < -0.4 is 4.74 Å². The largest absolute Gasteiger partial charge is 0.473 e. The van der Waals surface area contributed by atoms with E-state index in [2.05, 4.69) is 9.97 Å². The summed E-state index contributed by atoms with van der Waals surface area (Å²) in [6, 6.07) is 1.67. The van der Waals surface area contributed by atoms with Crippen molar-refractivity contribution in [2.75, 3.05) is 13.1 Å². The van der Waals surface area contributed by atoms with Gasteiger partial charge in [-0.05, 0) is 20.3 Å². The van der Waals surface area contributed by atoms with Gasteiger partial charge in [0.05, 0.1) is 11.8 Å². The van der Waals surface area contributed by atoms with Crippen LogP contribution in [0.2, 0.25) is 0 Å². The average molecular weight is 271 g/mol. The van der Waals surface area contributed by atoms with Crippen LogP contribution in [0.1, 0.15) is 20.3 Å². The van der Waals surface area contributed by atoms with Crippen LogP contribution in [0.4, 0.5) is 0 Å². The van der Waals surface area contributed by atoms with Gasteiger partial charge in [-0.1, -0.05) is 0 Å². The molecule has 1 aromatic heterocycles. The van der Waals surface area contributed by atoms with E-state index in [1.165, 1.54) is 10.6 Å². The van der Waals surface area contributed by atoms with E-state index in [1.807, 2.05) is 0 Å². The quantitative estimate of drug-likeness (QED) is 0.804. The normalized spacial score (nSPS) is 21.4. The zero-order chi connectivity index (χ0) is 13.2. The minimum Gasteiger partial charge on any atom is -0.473 e. The first-order chi connectivity index (χ1) is 8.50. The Bertz CT molecular complexity index is 490. The van der Waals surface area contributed by atoms with Crippen molar-refractivity contribution in [2.24, 2.45) is 0 Å². The molecule has 1 aliphatic heterocycles. The Morgan fingerprint density at radius 3 is 2.89 bits per heavy atom. The Labute approximate surface area is 107 Å². The molecule has 7 heteroatoms. The van der Waals surface area contributed by atoms with Crippen LogP contribution in [-0.2, 0) is 10.0 Å². The second kappa shape index (κ2) is 5.19. The first-order valence-electron chi connectivity index (χ1n) is 5.92. The van der Waals surface area contributed by atoms with Gasteiger partial charge in [-0.15, -0.1) is 0 Å². The first-order valence-corrected chi connectivity index (χ1v) is 7.42. The van der Waals surface area contributed by atoms with E-state index < -0.39 is 15.3 Å². The van der Waals surface area contributed by atoms with Crippen molar-refractivity contribution < 1.29 is 13.2 Å². The SMILES string of the molecule is CC(C)S(=O)(=O)N1CCC(Oc2ccncn2)C1. The molecule has 0 spiro atoms. The lowest BCUT2D eigenvalue weighted by Crippen LogP contribution is -2.35. The summed E-state index contributed by atoms with van der Waals surface area (Å²) >= 11 is 0. The average Bonchev–Trinajstić information content (AvgIpc) is 2.79. The van der Waals surface area contributed by atoms with Crippen LogP contribution in [-0.4, -0.2) is 47.1 Å². The summed E-state index contributed by atoms with van der Waals surface area (Å²) in [6.07, 6.45) is 3.57. The van der Waals surface area contributed by atoms with E-state index in [9.17, 15) is 8.42 Å². The van der Waals surface area contributed by atoms with Crippen LogP contribution in [0.15, 0.2) is 18.6 Å². The van der Waals surface area contributed by atoms with Crippen molar-refractivity contribution >= 4 is 10.0 Å². The maximum absolute atomic E-state index is 12.0. The van der Waals surface area contributed by atoms with Crippen molar-refractivity contribution in [3.8, 4) is 5.88 Å². The van der Waals surface area contributed by atoms with Crippen LogP contribution in [0.5, 0.6) is 5.88 Å². The molecular formula is C11H17N3O3S. The summed E-state index contributed by atoms with van der Waals surface area (Å²) in [5.74, 6) is 0.485. The van der Waals surface area contributed by atoms with Gasteiger partial charge in [0.1, 0.15) is 12.4 Å². The number of rotatable bonds is 4. The molecule has 1 aliphatic rings. The van der Waals surface area contributed by atoms with Gasteiger partial charge in [0.2, 0.25) is 15.9 Å². The van der Waals surface area contributed by atoms with E-state index in [4.69, 9.17) is 4.74 Å². The Morgan fingerprint density at radius 2 is 2.28 bits per heavy atom. The van der Waals surface area contributed by atoms with E-state index >= 15 is 0 Å². The number of ether oxygens (including phenoxy) is 1. The molecule has 1 saturated heterocycles. The molecule has 1 aromatic rings. The van der Waals surface area contributed by atoms with E-state index in [-0.39, 0.29) is 6.10 Å². The van der Waals surface area contributed by atoms with E-state index in [1.54, 1.807) is 26.1 Å². The Hall–Kier alpha value is -1.21. The number of hydrogen-bond donors (Lipinski definition) is 0. The zero-order valence-electron chi connectivity index (χ0n) is 10.5. The highest BCUT2D eigenvalue weighted by molar-refractivity contribution is 7.89. The fourth-order valence-corrected chi connectivity index (χ4v) is 3.17. The van der Waals surface area contributed by atoms with Gasteiger partial charge >= 0.3 is 0 Å². The highest BCUT2D eigenvalue weighted by atomic mass is 32.2. The number of nitrogens with zero attached hydrogens (tertiary/aromatic N) is 3. The molecule has 0 aliphatic carbocycles. The van der Waals surface area contributed by atoms with E-state index in [0.29, 0.717) is 25.4 Å². The second-order valence-corrected chi connectivity index (χ2v) is 7.02. The topological polar surface area (TPSA) is 72.4 Å². The molecule has 0 saturated carbocycles. The summed E-state index contributed by atoms with van der Waals surface area (Å²) in [4.78, 5) is 7.76. The van der Waals surface area contributed by atoms with Crippen LogP contribution >= 0.6 is 0 Å². The summed E-state index contributed by atoms with van der Waals surface area (Å²) < 4.78 is 31.1. The lowest BCUT2D eigenvalue weighted by molar-refractivity contribution is 0.206. The number of hydrogen-bond acceptors (Lipinski definition) is 5. The molecule has 0 N–H and O–H groups in total. The molecule has 0 aromatic carbocycles. The minimum atomic E-state index is -3.18. The highest BCUT2D eigenvalue weighted by Crippen LogP contribution is 2.20. The molecule has 1 unspecified atom stereocenters. The maximum atomic E-state index is 12.0. The monoisotopic (exact) mass is 271 g/mol. The third-order valence-corrected chi connectivity index (χ3v) is 5.15. The van der Waals surface area contributed by atoms with Gasteiger partial charge in [-0.3, -0.25) is 0 Å². The van der Waals surface area contributed by atoms with Crippen molar-refractivity contribution in [2.45, 2.75) is 31.6 Å².